The third-order valence-corrected chi connectivity index (χ3v) is 5.51. The molecule has 0 spiro atoms. The van der Waals surface area contributed by atoms with Crippen molar-refractivity contribution >= 4 is 15.7 Å². The van der Waals surface area contributed by atoms with Gasteiger partial charge in [-0.25, -0.2) is 8.42 Å². The minimum absolute atomic E-state index is 0.287. The summed E-state index contributed by atoms with van der Waals surface area (Å²) in [7, 11) is -3.53. The maximum atomic E-state index is 12.9. The molecule has 1 heterocycles. The van der Waals surface area contributed by atoms with Gasteiger partial charge in [0.15, 0.2) is 0 Å². The summed E-state index contributed by atoms with van der Waals surface area (Å²) >= 11 is 0. The van der Waals surface area contributed by atoms with Crippen LogP contribution in [-0.4, -0.2) is 20.6 Å². The van der Waals surface area contributed by atoms with Gasteiger partial charge >= 0.3 is 0 Å². The van der Waals surface area contributed by atoms with Crippen LogP contribution in [0, 0.1) is 0 Å². The fourth-order valence-corrected chi connectivity index (χ4v) is 4.22. The molecule has 2 aromatic carbocycles. The van der Waals surface area contributed by atoms with Crippen LogP contribution in [0.1, 0.15) is 26.3 Å². The SMILES string of the molecule is CC(C)(C)Oc1ccc(S(=O)(=O)N2CCc3ccccc32)cc1. The summed E-state index contributed by atoms with van der Waals surface area (Å²) in [5.41, 5.74) is 1.54. The number of para-hydroxylation sites is 1. The molecule has 23 heavy (non-hydrogen) atoms. The molecule has 0 fully saturated rings. The first-order valence-corrected chi connectivity index (χ1v) is 9.11. The molecule has 1 aliphatic heterocycles. The number of rotatable bonds is 3. The molecule has 4 nitrogen and oxygen atoms in total. The number of ether oxygens (including phenoxy) is 1. The maximum absolute atomic E-state index is 12.9. The van der Waals surface area contributed by atoms with E-state index in [0.29, 0.717) is 12.3 Å². The van der Waals surface area contributed by atoms with Gasteiger partial charge in [-0.15, -0.1) is 0 Å². The summed E-state index contributed by atoms with van der Waals surface area (Å²) in [6, 6.07) is 14.3. The maximum Gasteiger partial charge on any atom is 0.264 e. The standard InChI is InChI=1S/C18H21NO3S/c1-18(2,3)22-15-8-10-16(11-9-15)23(20,21)19-13-12-14-6-4-5-7-17(14)19/h4-11H,12-13H2,1-3H3. The van der Waals surface area contributed by atoms with Gasteiger partial charge in [-0.3, -0.25) is 4.31 Å². The quantitative estimate of drug-likeness (QED) is 0.863. The van der Waals surface area contributed by atoms with E-state index < -0.39 is 10.0 Å². The van der Waals surface area contributed by atoms with Crippen LogP contribution in [0.5, 0.6) is 5.75 Å². The van der Waals surface area contributed by atoms with Gasteiger partial charge in [-0.2, -0.15) is 0 Å². The zero-order valence-electron chi connectivity index (χ0n) is 13.6. The minimum atomic E-state index is -3.53. The molecule has 0 aliphatic carbocycles. The molecule has 0 N–H and O–H groups in total. The van der Waals surface area contributed by atoms with Crippen LogP contribution in [0.3, 0.4) is 0 Å². The van der Waals surface area contributed by atoms with E-state index in [4.69, 9.17) is 4.74 Å². The Kier molecular flexibility index (Phi) is 3.84. The van der Waals surface area contributed by atoms with E-state index in [0.717, 1.165) is 17.7 Å². The highest BCUT2D eigenvalue weighted by atomic mass is 32.2. The molecule has 0 bridgehead atoms. The predicted octanol–water partition coefficient (Wildman–Crippen LogP) is 3.62. The smallest absolute Gasteiger partial charge is 0.264 e. The molecule has 1 aliphatic rings. The Morgan fingerprint density at radius 2 is 1.65 bits per heavy atom. The third-order valence-electron chi connectivity index (χ3n) is 3.68. The monoisotopic (exact) mass is 331 g/mol. The van der Waals surface area contributed by atoms with Crippen LogP contribution in [0.4, 0.5) is 5.69 Å². The van der Waals surface area contributed by atoms with Gasteiger partial charge in [0.25, 0.3) is 10.0 Å². The summed E-state index contributed by atoms with van der Waals surface area (Å²) in [6.45, 7) is 6.36. The van der Waals surface area contributed by atoms with E-state index in [9.17, 15) is 8.42 Å². The number of sulfonamides is 1. The lowest BCUT2D eigenvalue weighted by Gasteiger charge is -2.22. The Hall–Kier alpha value is -2.01. The van der Waals surface area contributed by atoms with Crippen LogP contribution in [-0.2, 0) is 16.4 Å². The van der Waals surface area contributed by atoms with Gasteiger partial charge in [0.05, 0.1) is 10.6 Å². The summed E-state index contributed by atoms with van der Waals surface area (Å²) in [5, 5.41) is 0. The van der Waals surface area contributed by atoms with Crippen LogP contribution in [0.2, 0.25) is 0 Å². The second-order valence-electron chi connectivity index (χ2n) is 6.64. The number of nitrogens with zero attached hydrogens (tertiary/aromatic N) is 1. The number of fused-ring (bicyclic) bond motifs is 1. The van der Waals surface area contributed by atoms with Crippen molar-refractivity contribution < 1.29 is 13.2 Å². The van der Waals surface area contributed by atoms with Crippen molar-refractivity contribution in [2.75, 3.05) is 10.8 Å². The van der Waals surface area contributed by atoms with E-state index >= 15 is 0 Å². The third kappa shape index (κ3) is 3.20. The van der Waals surface area contributed by atoms with Crippen LogP contribution in [0.25, 0.3) is 0 Å². The molecule has 0 atom stereocenters. The van der Waals surface area contributed by atoms with Gasteiger partial charge in [-0.05, 0) is 63.1 Å². The van der Waals surface area contributed by atoms with Crippen LogP contribution < -0.4 is 9.04 Å². The predicted molar refractivity (Wildman–Crippen MR) is 91.5 cm³/mol. The molecular formula is C18H21NO3S. The molecule has 0 radical (unpaired) electrons. The fraction of sp³-hybridized carbons (Fsp3) is 0.333. The molecule has 0 unspecified atom stereocenters. The highest BCUT2D eigenvalue weighted by molar-refractivity contribution is 7.92. The van der Waals surface area contributed by atoms with Crippen molar-refractivity contribution in [1.29, 1.82) is 0 Å². The highest BCUT2D eigenvalue weighted by Crippen LogP contribution is 2.33. The molecular weight excluding hydrogens is 310 g/mol. The molecule has 0 saturated carbocycles. The Bertz CT molecular complexity index is 805. The van der Waals surface area contributed by atoms with Gasteiger partial charge in [0.2, 0.25) is 0 Å². The zero-order chi connectivity index (χ0) is 16.7. The Labute approximate surface area is 137 Å². The summed E-state index contributed by atoms with van der Waals surface area (Å²) in [6.07, 6.45) is 0.751. The molecule has 0 amide bonds. The number of hydrogen-bond acceptors (Lipinski definition) is 3. The molecule has 2 aromatic rings. The minimum Gasteiger partial charge on any atom is -0.488 e. The van der Waals surface area contributed by atoms with Gasteiger partial charge in [0, 0.05) is 6.54 Å². The molecule has 0 saturated heterocycles. The van der Waals surface area contributed by atoms with Gasteiger partial charge < -0.3 is 4.74 Å². The lowest BCUT2D eigenvalue weighted by atomic mass is 10.2. The van der Waals surface area contributed by atoms with Crippen molar-refractivity contribution in [3.8, 4) is 5.75 Å². The topological polar surface area (TPSA) is 46.6 Å². The van der Waals surface area contributed by atoms with E-state index in [-0.39, 0.29) is 10.5 Å². The van der Waals surface area contributed by atoms with Crippen LogP contribution >= 0.6 is 0 Å². The van der Waals surface area contributed by atoms with Crippen LogP contribution in [0.15, 0.2) is 53.4 Å². The average molecular weight is 331 g/mol. The van der Waals surface area contributed by atoms with Crippen molar-refractivity contribution in [3.63, 3.8) is 0 Å². The highest BCUT2D eigenvalue weighted by Gasteiger charge is 2.30. The van der Waals surface area contributed by atoms with Crippen molar-refractivity contribution in [2.45, 2.75) is 37.7 Å². The molecule has 0 aromatic heterocycles. The second kappa shape index (κ2) is 5.57. The first kappa shape index (κ1) is 15.9. The fourth-order valence-electron chi connectivity index (χ4n) is 2.72. The van der Waals surface area contributed by atoms with Gasteiger partial charge in [-0.1, -0.05) is 18.2 Å². The Morgan fingerprint density at radius 1 is 1.00 bits per heavy atom. The summed E-state index contributed by atoms with van der Waals surface area (Å²) in [4.78, 5) is 0.287. The lowest BCUT2D eigenvalue weighted by molar-refractivity contribution is 0.131. The van der Waals surface area contributed by atoms with E-state index in [2.05, 4.69) is 0 Å². The van der Waals surface area contributed by atoms with E-state index in [1.165, 1.54) is 4.31 Å². The summed E-state index contributed by atoms with van der Waals surface area (Å²) < 4.78 is 33.0. The number of anilines is 1. The first-order valence-electron chi connectivity index (χ1n) is 7.67. The summed E-state index contributed by atoms with van der Waals surface area (Å²) in [5.74, 6) is 0.665. The number of benzene rings is 2. The lowest BCUT2D eigenvalue weighted by Crippen LogP contribution is -2.29. The Balaban J connectivity index is 1.89. The van der Waals surface area contributed by atoms with Crippen molar-refractivity contribution in [2.24, 2.45) is 0 Å². The molecule has 122 valence electrons. The average Bonchev–Trinajstić information content (AvgIpc) is 2.90. The van der Waals surface area contributed by atoms with Crippen molar-refractivity contribution in [3.05, 3.63) is 54.1 Å². The second-order valence-corrected chi connectivity index (χ2v) is 8.50. The van der Waals surface area contributed by atoms with Crippen molar-refractivity contribution in [1.82, 2.24) is 0 Å². The zero-order valence-corrected chi connectivity index (χ0v) is 14.4. The van der Waals surface area contributed by atoms with E-state index in [1.54, 1.807) is 24.3 Å². The largest absolute Gasteiger partial charge is 0.488 e. The molecule has 3 rings (SSSR count). The van der Waals surface area contributed by atoms with E-state index in [1.807, 2.05) is 45.0 Å². The van der Waals surface area contributed by atoms with Gasteiger partial charge in [0.1, 0.15) is 11.4 Å². The first-order chi connectivity index (χ1) is 10.8. The Morgan fingerprint density at radius 3 is 2.30 bits per heavy atom. The normalized spacial score (nSPS) is 14.7. The number of hydrogen-bond donors (Lipinski definition) is 0. The molecule has 5 heteroatoms.